The molecule has 0 aromatic carbocycles. The maximum Gasteiger partial charge on any atom is 0.225 e. The molecular weight excluding hydrogens is 330 g/mol. The van der Waals surface area contributed by atoms with Gasteiger partial charge in [-0.3, -0.25) is 14.5 Å². The molecule has 2 atom stereocenters. The molecule has 0 aliphatic carbocycles. The summed E-state index contributed by atoms with van der Waals surface area (Å²) in [6.45, 7) is 7.78. The van der Waals surface area contributed by atoms with Gasteiger partial charge in [0.05, 0.1) is 18.2 Å². The maximum absolute atomic E-state index is 12.7. The molecule has 2 saturated heterocycles. The molecule has 0 saturated carbocycles. The molecule has 0 bridgehead atoms. The fourth-order valence-electron chi connectivity index (χ4n) is 4.04. The van der Waals surface area contributed by atoms with Crippen LogP contribution in [0.25, 0.3) is 0 Å². The number of hydrogen-bond donors (Lipinski definition) is 1. The predicted octanol–water partition coefficient (Wildman–Crippen LogP) is 2.43. The lowest BCUT2D eigenvalue weighted by Gasteiger charge is -2.33. The Labute approximate surface area is 155 Å². The summed E-state index contributed by atoms with van der Waals surface area (Å²) >= 11 is 0. The van der Waals surface area contributed by atoms with Crippen molar-refractivity contribution in [3.63, 3.8) is 0 Å². The van der Waals surface area contributed by atoms with Gasteiger partial charge in [-0.25, -0.2) is 0 Å². The second-order valence-electron chi connectivity index (χ2n) is 7.80. The highest BCUT2D eigenvalue weighted by Gasteiger charge is 2.31. The largest absolute Gasteiger partial charge is 0.468 e. The Hall–Kier alpha value is -1.82. The molecule has 2 aliphatic heterocycles. The SMILES string of the molecule is CC(C)C(=O)N1CCCC(C(=O)NCC(c2ccco2)N2CCCC2)C1. The average molecular weight is 361 g/mol. The van der Waals surface area contributed by atoms with Crippen molar-refractivity contribution in [2.75, 3.05) is 32.7 Å². The minimum Gasteiger partial charge on any atom is -0.468 e. The monoisotopic (exact) mass is 361 g/mol. The lowest BCUT2D eigenvalue weighted by Crippen LogP contribution is -2.47. The lowest BCUT2D eigenvalue weighted by atomic mass is 9.96. The number of likely N-dealkylation sites (tertiary alicyclic amines) is 2. The van der Waals surface area contributed by atoms with Gasteiger partial charge in [0.2, 0.25) is 11.8 Å². The van der Waals surface area contributed by atoms with E-state index in [1.807, 2.05) is 30.9 Å². The van der Waals surface area contributed by atoms with Gasteiger partial charge in [-0.05, 0) is 50.9 Å². The minimum absolute atomic E-state index is 0.0182. The number of amides is 2. The quantitative estimate of drug-likeness (QED) is 0.845. The van der Waals surface area contributed by atoms with Crippen LogP contribution >= 0.6 is 0 Å². The molecule has 2 unspecified atom stereocenters. The van der Waals surface area contributed by atoms with E-state index < -0.39 is 0 Å². The summed E-state index contributed by atoms with van der Waals surface area (Å²) < 4.78 is 5.61. The van der Waals surface area contributed by atoms with E-state index >= 15 is 0 Å². The first-order valence-corrected chi connectivity index (χ1v) is 9.90. The van der Waals surface area contributed by atoms with Crippen LogP contribution in [0.5, 0.6) is 0 Å². The van der Waals surface area contributed by atoms with E-state index in [1.165, 1.54) is 12.8 Å². The highest BCUT2D eigenvalue weighted by Crippen LogP contribution is 2.25. The minimum atomic E-state index is -0.109. The number of nitrogens with one attached hydrogen (secondary N) is 1. The molecule has 2 aliphatic rings. The molecule has 2 amide bonds. The molecule has 1 aromatic heterocycles. The van der Waals surface area contributed by atoms with Crippen molar-refractivity contribution in [2.24, 2.45) is 11.8 Å². The predicted molar refractivity (Wildman–Crippen MR) is 99.4 cm³/mol. The van der Waals surface area contributed by atoms with Gasteiger partial charge >= 0.3 is 0 Å². The molecule has 144 valence electrons. The van der Waals surface area contributed by atoms with Crippen molar-refractivity contribution in [1.29, 1.82) is 0 Å². The molecule has 3 rings (SSSR count). The first-order valence-electron chi connectivity index (χ1n) is 9.90. The van der Waals surface area contributed by atoms with Crippen molar-refractivity contribution >= 4 is 11.8 Å². The van der Waals surface area contributed by atoms with Gasteiger partial charge in [0.1, 0.15) is 5.76 Å². The Morgan fingerprint density at radius 1 is 1.23 bits per heavy atom. The van der Waals surface area contributed by atoms with Crippen molar-refractivity contribution in [2.45, 2.75) is 45.6 Å². The first kappa shape index (κ1) is 19.0. The fraction of sp³-hybridized carbons (Fsp3) is 0.700. The summed E-state index contributed by atoms with van der Waals surface area (Å²) in [6.07, 6.45) is 5.82. The van der Waals surface area contributed by atoms with Gasteiger partial charge < -0.3 is 14.6 Å². The highest BCUT2D eigenvalue weighted by molar-refractivity contribution is 5.82. The number of carbonyl (C=O) groups excluding carboxylic acids is 2. The van der Waals surface area contributed by atoms with Crippen LogP contribution < -0.4 is 5.32 Å². The van der Waals surface area contributed by atoms with Gasteiger partial charge in [0.25, 0.3) is 0 Å². The van der Waals surface area contributed by atoms with Crippen molar-refractivity contribution < 1.29 is 14.0 Å². The Morgan fingerprint density at radius 2 is 2.00 bits per heavy atom. The molecule has 0 spiro atoms. The van der Waals surface area contributed by atoms with Gasteiger partial charge in [-0.1, -0.05) is 13.8 Å². The van der Waals surface area contributed by atoms with Crippen LogP contribution in [-0.2, 0) is 9.59 Å². The Bertz CT molecular complexity index is 593. The molecule has 2 fully saturated rings. The number of rotatable bonds is 6. The van der Waals surface area contributed by atoms with Crippen molar-refractivity contribution in [1.82, 2.24) is 15.1 Å². The van der Waals surface area contributed by atoms with E-state index in [4.69, 9.17) is 4.42 Å². The molecular formula is C20H31N3O3. The highest BCUT2D eigenvalue weighted by atomic mass is 16.3. The zero-order valence-electron chi connectivity index (χ0n) is 15.9. The third kappa shape index (κ3) is 4.47. The average Bonchev–Trinajstić information content (AvgIpc) is 3.35. The second kappa shape index (κ2) is 8.71. The Kier molecular flexibility index (Phi) is 6.35. The van der Waals surface area contributed by atoms with E-state index in [1.54, 1.807) is 6.26 Å². The standard InChI is InChI=1S/C20H31N3O3/c1-15(2)20(25)23-11-5-7-16(14-23)19(24)21-13-17(18-8-6-12-26-18)22-9-3-4-10-22/h6,8,12,15-17H,3-5,7,9-11,13-14H2,1-2H3,(H,21,24). The van der Waals surface area contributed by atoms with Crippen LogP contribution in [0.4, 0.5) is 0 Å². The third-order valence-electron chi connectivity index (χ3n) is 5.52. The van der Waals surface area contributed by atoms with Crippen LogP contribution in [0.2, 0.25) is 0 Å². The molecule has 6 nitrogen and oxygen atoms in total. The van der Waals surface area contributed by atoms with E-state index in [-0.39, 0.29) is 29.7 Å². The van der Waals surface area contributed by atoms with Crippen LogP contribution in [0, 0.1) is 11.8 Å². The molecule has 26 heavy (non-hydrogen) atoms. The van der Waals surface area contributed by atoms with E-state index in [0.29, 0.717) is 13.1 Å². The number of carbonyl (C=O) groups is 2. The van der Waals surface area contributed by atoms with Crippen LogP contribution in [0.15, 0.2) is 22.8 Å². The maximum atomic E-state index is 12.7. The summed E-state index contributed by atoms with van der Waals surface area (Å²) in [5, 5.41) is 3.13. The lowest BCUT2D eigenvalue weighted by molar-refractivity contribution is -0.138. The fourth-order valence-corrected chi connectivity index (χ4v) is 4.04. The van der Waals surface area contributed by atoms with Crippen LogP contribution in [0.3, 0.4) is 0 Å². The Morgan fingerprint density at radius 3 is 2.65 bits per heavy atom. The first-order chi connectivity index (χ1) is 12.6. The van der Waals surface area contributed by atoms with E-state index in [9.17, 15) is 9.59 Å². The Balaban J connectivity index is 1.57. The van der Waals surface area contributed by atoms with E-state index in [0.717, 1.165) is 38.2 Å². The van der Waals surface area contributed by atoms with Gasteiger partial charge in [-0.2, -0.15) is 0 Å². The number of hydrogen-bond acceptors (Lipinski definition) is 4. The van der Waals surface area contributed by atoms with Crippen LogP contribution in [-0.4, -0.2) is 54.3 Å². The summed E-state index contributed by atoms with van der Waals surface area (Å²) in [7, 11) is 0. The van der Waals surface area contributed by atoms with Gasteiger partial charge in [0.15, 0.2) is 0 Å². The zero-order chi connectivity index (χ0) is 18.5. The number of nitrogens with zero attached hydrogens (tertiary/aromatic N) is 2. The number of furan rings is 1. The normalized spacial score (nSPS) is 22.6. The molecule has 1 aromatic rings. The van der Waals surface area contributed by atoms with Gasteiger partial charge in [-0.15, -0.1) is 0 Å². The van der Waals surface area contributed by atoms with Crippen LogP contribution in [0.1, 0.15) is 51.3 Å². The number of piperidine rings is 1. The molecule has 6 heteroatoms. The molecule has 0 radical (unpaired) electrons. The summed E-state index contributed by atoms with van der Waals surface area (Å²) in [5.74, 6) is 0.986. The molecule has 3 heterocycles. The van der Waals surface area contributed by atoms with Gasteiger partial charge in [0, 0.05) is 25.6 Å². The molecule has 1 N–H and O–H groups in total. The second-order valence-corrected chi connectivity index (χ2v) is 7.80. The topological polar surface area (TPSA) is 65.8 Å². The zero-order valence-corrected chi connectivity index (χ0v) is 15.9. The van der Waals surface area contributed by atoms with E-state index in [2.05, 4.69) is 10.2 Å². The smallest absolute Gasteiger partial charge is 0.225 e. The summed E-state index contributed by atoms with van der Waals surface area (Å²) in [4.78, 5) is 29.2. The van der Waals surface area contributed by atoms with Crippen molar-refractivity contribution in [3.8, 4) is 0 Å². The third-order valence-corrected chi connectivity index (χ3v) is 5.52. The van der Waals surface area contributed by atoms with Crippen molar-refractivity contribution in [3.05, 3.63) is 24.2 Å². The summed E-state index contributed by atoms with van der Waals surface area (Å²) in [6, 6.07) is 3.98. The summed E-state index contributed by atoms with van der Waals surface area (Å²) in [5.41, 5.74) is 0.